The van der Waals surface area contributed by atoms with Crippen molar-refractivity contribution < 1.29 is 0 Å². The second-order valence-corrected chi connectivity index (χ2v) is 17.9. The molecule has 0 radical (unpaired) electrons. The Kier molecular flexibility index (Phi) is 9.97. The second kappa shape index (κ2) is 17.1. The highest BCUT2D eigenvalue weighted by Crippen LogP contribution is 2.39. The van der Waals surface area contributed by atoms with Gasteiger partial charge in [0.05, 0.1) is 27.8 Å². The zero-order valence-electron chi connectivity index (χ0n) is 38.5. The Labute approximate surface area is 406 Å². The van der Waals surface area contributed by atoms with Gasteiger partial charge in [-0.2, -0.15) is 0 Å². The molecule has 4 nitrogen and oxygen atoms in total. The zero-order chi connectivity index (χ0) is 46.5. The summed E-state index contributed by atoms with van der Waals surface area (Å²) in [5, 5.41) is 4.89. The van der Waals surface area contributed by atoms with Crippen LogP contribution >= 0.6 is 0 Å². The van der Waals surface area contributed by atoms with Crippen LogP contribution in [0.2, 0.25) is 0 Å². The van der Waals surface area contributed by atoms with Gasteiger partial charge >= 0.3 is 0 Å². The van der Waals surface area contributed by atoms with Crippen molar-refractivity contribution in [2.75, 3.05) is 0 Å². The van der Waals surface area contributed by atoms with Crippen LogP contribution in [0.15, 0.2) is 270 Å². The molecule has 328 valence electrons. The Morgan fingerprint density at radius 2 is 0.771 bits per heavy atom. The number of hydrogen-bond donors (Lipinski definition) is 0. The fraction of sp³-hybridized carbons (Fsp3) is 0.0152. The Hall–Kier alpha value is -9.34. The minimum Gasteiger partial charge on any atom is -0.309 e. The van der Waals surface area contributed by atoms with Gasteiger partial charge in [-0.3, -0.25) is 0 Å². The maximum Gasteiger partial charge on any atom is 0.161 e. The van der Waals surface area contributed by atoms with Gasteiger partial charge < -0.3 is 9.13 Å². The summed E-state index contributed by atoms with van der Waals surface area (Å²) in [4.78, 5) is 10.6. The van der Waals surface area contributed by atoms with E-state index >= 15 is 0 Å². The third-order valence-corrected chi connectivity index (χ3v) is 13.7. The number of fused-ring (bicyclic) bond motifs is 6. The Bertz CT molecular complexity index is 4130. The van der Waals surface area contributed by atoms with Crippen molar-refractivity contribution >= 4 is 60.9 Å². The molecule has 0 atom stereocenters. The summed E-state index contributed by atoms with van der Waals surface area (Å²) in [7, 11) is 0. The lowest BCUT2D eigenvalue weighted by Gasteiger charge is -2.12. The van der Waals surface area contributed by atoms with Gasteiger partial charge in [0.2, 0.25) is 0 Å². The normalized spacial score (nSPS) is 12.8. The monoisotopic (exact) mass is 892 g/mol. The smallest absolute Gasteiger partial charge is 0.161 e. The van der Waals surface area contributed by atoms with Gasteiger partial charge in [0, 0.05) is 55.2 Å². The van der Waals surface area contributed by atoms with Gasteiger partial charge in [0.25, 0.3) is 0 Å². The predicted molar refractivity (Wildman–Crippen MR) is 293 cm³/mol. The topological polar surface area (TPSA) is 34.6 Å². The van der Waals surface area contributed by atoms with Gasteiger partial charge in [0.1, 0.15) is 5.70 Å². The molecule has 0 saturated carbocycles. The van der Waals surface area contributed by atoms with E-state index in [4.69, 9.17) is 9.98 Å². The largest absolute Gasteiger partial charge is 0.309 e. The van der Waals surface area contributed by atoms with E-state index in [9.17, 15) is 0 Å². The summed E-state index contributed by atoms with van der Waals surface area (Å²) in [6, 6.07) is 88.8. The van der Waals surface area contributed by atoms with Crippen molar-refractivity contribution in [2.45, 2.75) is 6.92 Å². The minimum atomic E-state index is 0.644. The fourth-order valence-electron chi connectivity index (χ4n) is 10.3. The van der Waals surface area contributed by atoms with Gasteiger partial charge in [-0.25, -0.2) is 9.98 Å². The Morgan fingerprint density at radius 3 is 1.51 bits per heavy atom. The molecule has 70 heavy (non-hydrogen) atoms. The van der Waals surface area contributed by atoms with Crippen molar-refractivity contribution in [3.05, 3.63) is 277 Å². The highest BCUT2D eigenvalue weighted by molar-refractivity contribution is 6.21. The van der Waals surface area contributed by atoms with Gasteiger partial charge in [-0.05, 0) is 101 Å². The molecule has 12 aromatic rings. The van der Waals surface area contributed by atoms with Crippen LogP contribution in [-0.4, -0.2) is 20.7 Å². The summed E-state index contributed by atoms with van der Waals surface area (Å²) in [5.74, 6) is 0.644. The number of para-hydroxylation sites is 3. The first kappa shape index (κ1) is 40.9. The predicted octanol–water partition coefficient (Wildman–Crippen LogP) is 16.7. The van der Waals surface area contributed by atoms with Crippen LogP contribution in [0.25, 0.3) is 94.1 Å². The van der Waals surface area contributed by atoms with E-state index in [0.29, 0.717) is 5.84 Å². The first-order valence-corrected chi connectivity index (χ1v) is 23.8. The van der Waals surface area contributed by atoms with E-state index in [0.717, 1.165) is 78.3 Å². The third-order valence-electron chi connectivity index (χ3n) is 13.7. The first-order valence-electron chi connectivity index (χ1n) is 23.8. The number of hydrogen-bond acceptors (Lipinski definition) is 2. The minimum absolute atomic E-state index is 0.644. The molecule has 0 N–H and O–H groups in total. The molecule has 0 bridgehead atoms. The molecule has 4 heteroatoms. The van der Waals surface area contributed by atoms with Crippen molar-refractivity contribution in [1.29, 1.82) is 0 Å². The number of rotatable bonds is 8. The lowest BCUT2D eigenvalue weighted by Crippen LogP contribution is -2.07. The van der Waals surface area contributed by atoms with Gasteiger partial charge in [-0.15, -0.1) is 0 Å². The maximum atomic E-state index is 5.31. The number of amidine groups is 1. The second-order valence-electron chi connectivity index (χ2n) is 17.9. The summed E-state index contributed by atoms with van der Waals surface area (Å²) in [6.07, 6.45) is 0. The molecule has 10 aromatic carbocycles. The van der Waals surface area contributed by atoms with E-state index in [1.807, 2.05) is 12.1 Å². The van der Waals surface area contributed by atoms with Gasteiger partial charge in [-0.1, -0.05) is 194 Å². The van der Waals surface area contributed by atoms with Crippen molar-refractivity contribution in [2.24, 2.45) is 9.98 Å². The van der Waals surface area contributed by atoms with Crippen LogP contribution < -0.4 is 0 Å². The van der Waals surface area contributed by atoms with E-state index < -0.39 is 0 Å². The molecule has 0 spiro atoms. The average molecular weight is 893 g/mol. The SMILES string of the molecule is CC1=C=C(c2ccc(-c3ccccc3)cc2)N=C(c2cccc(-c3ccc4c(c3)c3ccccc3n4-c3cccc(-c4ccc5c6ccccc6n(-c6ccccc6)c5c4)c3)c2)N=C1c1ccccc1. The molecular weight excluding hydrogens is 849 g/mol. The Morgan fingerprint density at radius 1 is 0.300 bits per heavy atom. The molecule has 1 aliphatic rings. The molecule has 0 aliphatic carbocycles. The quantitative estimate of drug-likeness (QED) is 0.136. The lowest BCUT2D eigenvalue weighted by atomic mass is 10.00. The summed E-state index contributed by atoms with van der Waals surface area (Å²) in [5.41, 5.74) is 23.0. The molecule has 0 unspecified atom stereocenters. The summed E-state index contributed by atoms with van der Waals surface area (Å²) >= 11 is 0. The molecule has 1 aliphatic heterocycles. The lowest BCUT2D eigenvalue weighted by molar-refractivity contribution is 1.18. The highest BCUT2D eigenvalue weighted by atomic mass is 15.0. The van der Waals surface area contributed by atoms with E-state index in [1.165, 1.54) is 43.7 Å². The van der Waals surface area contributed by atoms with Crippen LogP contribution in [-0.2, 0) is 0 Å². The third kappa shape index (κ3) is 7.19. The summed E-state index contributed by atoms with van der Waals surface area (Å²) < 4.78 is 4.79. The number of aliphatic imine (C=N–C) groups is 2. The zero-order valence-corrected chi connectivity index (χ0v) is 38.5. The number of aromatic nitrogens is 2. The molecular formula is C66H44N4. The fourth-order valence-corrected chi connectivity index (χ4v) is 10.3. The van der Waals surface area contributed by atoms with Crippen LogP contribution in [0, 0.1) is 0 Å². The maximum absolute atomic E-state index is 5.31. The molecule has 2 aromatic heterocycles. The molecule has 0 fully saturated rings. The molecule has 3 heterocycles. The van der Waals surface area contributed by atoms with Crippen LogP contribution in [0.4, 0.5) is 0 Å². The Balaban J connectivity index is 0.889. The van der Waals surface area contributed by atoms with Gasteiger partial charge in [0.15, 0.2) is 5.84 Å². The van der Waals surface area contributed by atoms with Crippen LogP contribution in [0.1, 0.15) is 23.6 Å². The number of nitrogens with zero attached hydrogens (tertiary/aromatic N) is 4. The van der Waals surface area contributed by atoms with Crippen molar-refractivity contribution in [3.8, 4) is 44.8 Å². The molecule has 0 amide bonds. The standard InChI is InChI=1S/C66H44N4/c1-44-39-60(47-33-31-46(32-34-47)45-17-5-2-6-18-45)67-66(68-65(44)48-19-7-3-8-20-48)53-23-15-21-49(40-53)51-36-38-63-59(42-51)57-28-12-14-30-62(57)70(63)55-26-16-22-50(41-55)52-35-37-58-56-27-11-13-29-61(56)69(64(58)43-52)54-24-9-4-10-25-54/h2-38,40-43H,1H3. The first-order chi connectivity index (χ1) is 34.6. The molecule has 13 rings (SSSR count). The van der Waals surface area contributed by atoms with E-state index in [-0.39, 0.29) is 0 Å². The number of benzene rings is 10. The molecule has 0 saturated heterocycles. The van der Waals surface area contributed by atoms with Crippen molar-refractivity contribution in [3.63, 3.8) is 0 Å². The van der Waals surface area contributed by atoms with Crippen LogP contribution in [0.3, 0.4) is 0 Å². The summed E-state index contributed by atoms with van der Waals surface area (Å²) in [6.45, 7) is 2.08. The van der Waals surface area contributed by atoms with E-state index in [2.05, 4.69) is 258 Å². The highest BCUT2D eigenvalue weighted by Gasteiger charge is 2.19. The average Bonchev–Trinajstić information content (AvgIpc) is 3.87. The van der Waals surface area contributed by atoms with Crippen molar-refractivity contribution in [1.82, 2.24) is 9.13 Å². The van der Waals surface area contributed by atoms with E-state index in [1.54, 1.807) is 0 Å². The van der Waals surface area contributed by atoms with Crippen LogP contribution in [0.5, 0.6) is 0 Å². The number of allylic oxidation sites excluding steroid dienone is 1.